The maximum absolute atomic E-state index is 9.94. The highest BCUT2D eigenvalue weighted by atomic mass is 16.5. The van der Waals surface area contributed by atoms with Gasteiger partial charge in [-0.3, -0.25) is 0 Å². The largest absolute Gasteiger partial charge is 0.508 e. The van der Waals surface area contributed by atoms with Crippen LogP contribution in [0.2, 0.25) is 0 Å². The molecule has 0 aromatic heterocycles. The summed E-state index contributed by atoms with van der Waals surface area (Å²) >= 11 is 0. The summed E-state index contributed by atoms with van der Waals surface area (Å²) in [6.45, 7) is 4.22. The summed E-state index contributed by atoms with van der Waals surface area (Å²) in [4.78, 5) is 0. The highest BCUT2D eigenvalue weighted by Crippen LogP contribution is 2.59. The number of ether oxygens (including phenoxy) is 1. The molecule has 8 unspecified atom stereocenters. The lowest BCUT2D eigenvalue weighted by Gasteiger charge is -2.31. The number of hydrogen-bond donors (Lipinski definition) is 1. The van der Waals surface area contributed by atoms with Crippen LogP contribution in [0.25, 0.3) is 0 Å². The maximum atomic E-state index is 9.94. The Balaban J connectivity index is 0.973. The second-order valence-corrected chi connectivity index (χ2v) is 12.8. The number of unbranched alkanes of at least 4 members (excludes halogenated alkanes) is 1. The molecule has 4 saturated carbocycles. The predicted molar refractivity (Wildman–Crippen MR) is 143 cm³/mol. The fourth-order valence-corrected chi connectivity index (χ4v) is 9.22. The second-order valence-electron chi connectivity index (χ2n) is 12.8. The molecule has 0 saturated heterocycles. The summed E-state index contributed by atoms with van der Waals surface area (Å²) in [5.74, 6) is 8.65. The molecule has 2 heteroatoms. The molecule has 4 aliphatic carbocycles. The zero-order valence-electron chi connectivity index (χ0n) is 22.0. The van der Waals surface area contributed by atoms with Crippen molar-refractivity contribution in [2.45, 2.75) is 89.9 Å². The van der Waals surface area contributed by atoms with Crippen molar-refractivity contribution < 1.29 is 9.84 Å². The summed E-state index contributed by atoms with van der Waals surface area (Å²) < 4.78 is 5.48. The van der Waals surface area contributed by atoms with Crippen molar-refractivity contribution >= 4 is 0 Å². The van der Waals surface area contributed by atoms with Gasteiger partial charge in [-0.2, -0.15) is 0 Å². The summed E-state index contributed by atoms with van der Waals surface area (Å²) in [5, 5.41) is 9.94. The molecule has 6 rings (SSSR count). The first-order chi connectivity index (χ1) is 17.0. The Bertz CT molecular complexity index is 1060. The molecule has 2 nitrogen and oxygen atoms in total. The van der Waals surface area contributed by atoms with Gasteiger partial charge in [0.1, 0.15) is 11.5 Å². The minimum absolute atomic E-state index is 0.444. The number of fused-ring (bicyclic) bond motifs is 4. The minimum atomic E-state index is 0.444. The van der Waals surface area contributed by atoms with Crippen LogP contribution in [0.1, 0.15) is 98.3 Å². The van der Waals surface area contributed by atoms with Gasteiger partial charge in [0.05, 0.1) is 7.11 Å². The monoisotopic (exact) mass is 472 g/mol. The fraction of sp³-hybridized carbons (Fsp3) is 0.636. The van der Waals surface area contributed by atoms with E-state index >= 15 is 0 Å². The minimum Gasteiger partial charge on any atom is -0.508 e. The quantitative estimate of drug-likeness (QED) is 0.390. The van der Waals surface area contributed by atoms with E-state index in [1.54, 1.807) is 12.7 Å². The van der Waals surface area contributed by atoms with Gasteiger partial charge in [-0.25, -0.2) is 0 Å². The molecule has 4 fully saturated rings. The molecule has 0 aliphatic heterocycles. The molecule has 8 atom stereocenters. The van der Waals surface area contributed by atoms with Crippen LogP contribution in [0, 0.1) is 49.4 Å². The zero-order valence-corrected chi connectivity index (χ0v) is 22.0. The predicted octanol–water partition coefficient (Wildman–Crippen LogP) is 8.54. The van der Waals surface area contributed by atoms with Gasteiger partial charge in [-0.1, -0.05) is 49.9 Å². The van der Waals surface area contributed by atoms with Crippen molar-refractivity contribution in [3.05, 3.63) is 58.7 Å². The lowest BCUT2D eigenvalue weighted by Crippen LogP contribution is -2.19. The van der Waals surface area contributed by atoms with Crippen molar-refractivity contribution in [2.24, 2.45) is 35.5 Å². The average Bonchev–Trinajstić information content (AvgIpc) is 3.64. The van der Waals surface area contributed by atoms with Crippen LogP contribution in [0.3, 0.4) is 0 Å². The van der Waals surface area contributed by atoms with E-state index in [9.17, 15) is 5.11 Å². The van der Waals surface area contributed by atoms with Gasteiger partial charge >= 0.3 is 0 Å². The third-order valence-corrected chi connectivity index (χ3v) is 10.9. The molecule has 1 N–H and O–H groups in total. The molecule has 2 aromatic carbocycles. The number of phenols is 1. The van der Waals surface area contributed by atoms with Gasteiger partial charge in [0.2, 0.25) is 0 Å². The van der Waals surface area contributed by atoms with Crippen LogP contribution in [0.5, 0.6) is 11.5 Å². The third kappa shape index (κ3) is 4.40. The number of aryl methyl sites for hydroxylation is 2. The van der Waals surface area contributed by atoms with E-state index in [0.29, 0.717) is 5.75 Å². The molecular weight excluding hydrogens is 428 g/mol. The molecular formula is C33H44O2. The third-order valence-electron chi connectivity index (χ3n) is 10.9. The fourth-order valence-electron chi connectivity index (χ4n) is 9.22. The highest BCUT2D eigenvalue weighted by Gasteiger charge is 2.47. The van der Waals surface area contributed by atoms with Gasteiger partial charge in [-0.15, -0.1) is 0 Å². The Kier molecular flexibility index (Phi) is 6.35. The second kappa shape index (κ2) is 9.49. The molecule has 2 aromatic rings. The molecule has 35 heavy (non-hydrogen) atoms. The summed E-state index contributed by atoms with van der Waals surface area (Å²) in [5.41, 5.74) is 5.37. The Morgan fingerprint density at radius 2 is 1.49 bits per heavy atom. The van der Waals surface area contributed by atoms with Crippen molar-refractivity contribution in [3.8, 4) is 11.5 Å². The van der Waals surface area contributed by atoms with Gasteiger partial charge in [-0.05, 0) is 134 Å². The molecule has 4 bridgehead atoms. The summed E-state index contributed by atoms with van der Waals surface area (Å²) in [6.07, 6.45) is 14.5. The van der Waals surface area contributed by atoms with E-state index in [0.717, 1.165) is 58.7 Å². The Morgan fingerprint density at radius 1 is 0.743 bits per heavy atom. The summed E-state index contributed by atoms with van der Waals surface area (Å²) in [7, 11) is 1.77. The van der Waals surface area contributed by atoms with E-state index in [4.69, 9.17) is 4.74 Å². The Labute approximate surface area is 212 Å². The molecule has 0 radical (unpaired) electrons. The zero-order chi connectivity index (χ0) is 24.1. The van der Waals surface area contributed by atoms with Gasteiger partial charge in [0.25, 0.3) is 0 Å². The maximum Gasteiger partial charge on any atom is 0.121 e. The van der Waals surface area contributed by atoms with E-state index in [1.165, 1.54) is 75.3 Å². The number of hydrogen-bond acceptors (Lipinski definition) is 2. The van der Waals surface area contributed by atoms with Gasteiger partial charge in [0.15, 0.2) is 0 Å². The van der Waals surface area contributed by atoms with Crippen molar-refractivity contribution in [1.82, 2.24) is 0 Å². The van der Waals surface area contributed by atoms with Crippen LogP contribution in [-0.2, 0) is 0 Å². The number of methoxy groups -OCH3 is 1. The van der Waals surface area contributed by atoms with Crippen molar-refractivity contribution in [3.63, 3.8) is 0 Å². The molecule has 4 aliphatic rings. The molecule has 188 valence electrons. The van der Waals surface area contributed by atoms with Crippen LogP contribution >= 0.6 is 0 Å². The van der Waals surface area contributed by atoms with Gasteiger partial charge < -0.3 is 9.84 Å². The van der Waals surface area contributed by atoms with Crippen molar-refractivity contribution in [2.75, 3.05) is 7.11 Å². The topological polar surface area (TPSA) is 29.5 Å². The van der Waals surface area contributed by atoms with E-state index in [2.05, 4.69) is 37.3 Å². The van der Waals surface area contributed by atoms with Gasteiger partial charge in [0, 0.05) is 0 Å². The first-order valence-electron chi connectivity index (χ1n) is 14.4. The number of benzene rings is 2. The van der Waals surface area contributed by atoms with E-state index in [-0.39, 0.29) is 0 Å². The Hall–Kier alpha value is -1.96. The average molecular weight is 473 g/mol. The van der Waals surface area contributed by atoms with E-state index in [1.807, 2.05) is 13.0 Å². The van der Waals surface area contributed by atoms with Crippen LogP contribution in [0.4, 0.5) is 0 Å². The Morgan fingerprint density at radius 3 is 2.17 bits per heavy atom. The van der Waals surface area contributed by atoms with Crippen LogP contribution in [0.15, 0.2) is 36.4 Å². The SMILES string of the molecule is COc1ccc(C2CC3CC2CC3CCCCC2CC3CC(c4ccc(O)c(C)c4)C2C3)cc1C. The number of aromatic hydroxyl groups is 1. The standard InChI is InChI=1S/C33H44O2/c1-20-12-26(8-10-32(20)34)31-16-22-14-24(30(31)15-22)7-5-4-6-23-17-28-18-27(23)19-29(28)25-9-11-33(35-3)21(2)13-25/h8-13,22-24,27-31,34H,4-7,14-19H2,1-3H3. The summed E-state index contributed by atoms with van der Waals surface area (Å²) in [6, 6.07) is 13.3. The van der Waals surface area contributed by atoms with Crippen LogP contribution < -0.4 is 4.74 Å². The van der Waals surface area contributed by atoms with Crippen LogP contribution in [-0.4, -0.2) is 12.2 Å². The lowest BCUT2D eigenvalue weighted by atomic mass is 9.74. The van der Waals surface area contributed by atoms with Crippen molar-refractivity contribution in [1.29, 1.82) is 0 Å². The molecule has 0 spiro atoms. The normalized spacial score (nSPS) is 35.2. The lowest BCUT2D eigenvalue weighted by molar-refractivity contribution is 0.255. The van der Waals surface area contributed by atoms with E-state index < -0.39 is 0 Å². The first-order valence-corrected chi connectivity index (χ1v) is 14.4. The number of rotatable bonds is 8. The smallest absolute Gasteiger partial charge is 0.121 e. The molecule has 0 amide bonds. The first kappa shape index (κ1) is 23.4. The molecule has 0 heterocycles. The number of phenolic OH excluding ortho intramolecular Hbond substituents is 1. The highest BCUT2D eigenvalue weighted by molar-refractivity contribution is 5.39.